The van der Waals surface area contributed by atoms with Crippen LogP contribution in [0.1, 0.15) is 10.4 Å². The Morgan fingerprint density at radius 3 is 2.13 bits per heavy atom. The van der Waals surface area contributed by atoms with E-state index in [1.807, 2.05) is 0 Å². The number of ether oxygens (including phenoxy) is 4. The van der Waals surface area contributed by atoms with Crippen LogP contribution in [0.5, 0.6) is 23.1 Å². The topological polar surface area (TPSA) is 140 Å². The molecule has 1 amide bonds. The molecule has 2 heterocycles. The number of rotatable bonds is 12. The van der Waals surface area contributed by atoms with Crippen molar-refractivity contribution in [1.29, 1.82) is 0 Å². The van der Waals surface area contributed by atoms with Crippen LogP contribution in [0.4, 0.5) is 23.2 Å². The van der Waals surface area contributed by atoms with E-state index in [0.29, 0.717) is 0 Å². The summed E-state index contributed by atoms with van der Waals surface area (Å²) in [4.78, 5) is 31.3. The first-order valence-corrected chi connectivity index (χ1v) is 14.9. The fourth-order valence-electron chi connectivity index (χ4n) is 4.20. The van der Waals surface area contributed by atoms with Crippen LogP contribution >= 0.6 is 0 Å². The zero-order valence-electron chi connectivity index (χ0n) is 24.1. The van der Waals surface area contributed by atoms with Crippen LogP contribution in [0.15, 0.2) is 53.3 Å². The molecule has 240 valence electrons. The Morgan fingerprint density at radius 1 is 0.978 bits per heavy atom. The first-order valence-electron chi connectivity index (χ1n) is 12.8. The summed E-state index contributed by atoms with van der Waals surface area (Å²) in [7, 11) is 0.408. The van der Waals surface area contributed by atoms with Crippen LogP contribution in [0, 0.1) is 11.6 Å². The van der Waals surface area contributed by atoms with Gasteiger partial charge in [-0.25, -0.2) is 17.2 Å². The normalized spacial score (nSPS) is 11.4. The van der Waals surface area contributed by atoms with E-state index in [4.69, 9.17) is 14.2 Å². The van der Waals surface area contributed by atoms with Crippen molar-refractivity contribution in [3.05, 3.63) is 76.1 Å². The molecule has 2 aromatic carbocycles. The number of carbonyl (C=O) groups excluding carboxylic acids is 1. The number of pyridine rings is 1. The molecule has 0 unspecified atom stereocenters. The second kappa shape index (κ2) is 13.3. The summed E-state index contributed by atoms with van der Waals surface area (Å²) in [6.07, 6.45) is 1.02. The second-order valence-corrected chi connectivity index (χ2v) is 11.6. The van der Waals surface area contributed by atoms with Gasteiger partial charge >= 0.3 is 6.61 Å². The zero-order valence-corrected chi connectivity index (χ0v) is 25.0. The van der Waals surface area contributed by atoms with Crippen molar-refractivity contribution in [2.75, 3.05) is 38.2 Å². The second-order valence-electron chi connectivity index (χ2n) is 9.37. The highest BCUT2D eigenvalue weighted by atomic mass is 32.2. The maximum Gasteiger partial charge on any atom is 0.387 e. The first-order chi connectivity index (χ1) is 21.2. The van der Waals surface area contributed by atoms with Gasteiger partial charge in [-0.15, -0.1) is 0 Å². The molecule has 2 aromatic heterocycles. The van der Waals surface area contributed by atoms with Gasteiger partial charge in [-0.3, -0.25) is 14.3 Å². The van der Waals surface area contributed by atoms with Gasteiger partial charge in [-0.05, 0) is 24.3 Å². The van der Waals surface area contributed by atoms with Crippen LogP contribution in [0.25, 0.3) is 17.1 Å². The van der Waals surface area contributed by atoms with Gasteiger partial charge in [0.15, 0.2) is 15.7 Å². The minimum absolute atomic E-state index is 0.103. The standard InChI is InChI=1S/C28H26F4N4O8S/c1-35-25(23-19(29)11-17(41-2)12-20(23)30)24(34-26(37)15-5-7-16(8-6-15)44-28(31)32)27(38)36(35)21-13-18(42-3)14-22(33-21)43-9-10-45(4,39)40/h5-8,11-14,28H,9-10H2,1-4H3,(H,34,37). The summed E-state index contributed by atoms with van der Waals surface area (Å²) in [6.45, 7) is -3.38. The van der Waals surface area contributed by atoms with E-state index in [-0.39, 0.29) is 46.9 Å². The number of halogens is 4. The molecule has 0 aliphatic heterocycles. The highest BCUT2D eigenvalue weighted by Gasteiger charge is 2.28. The monoisotopic (exact) mass is 654 g/mol. The molecule has 4 aromatic rings. The summed E-state index contributed by atoms with van der Waals surface area (Å²) in [5.74, 6) is -4.10. The van der Waals surface area contributed by atoms with Crippen LogP contribution in [0.2, 0.25) is 0 Å². The number of methoxy groups -OCH3 is 2. The van der Waals surface area contributed by atoms with Gasteiger partial charge in [0.25, 0.3) is 11.5 Å². The van der Waals surface area contributed by atoms with Crippen molar-refractivity contribution in [2.24, 2.45) is 7.05 Å². The molecule has 0 aliphatic rings. The molecule has 0 fully saturated rings. The van der Waals surface area contributed by atoms with E-state index in [1.165, 1.54) is 33.4 Å². The largest absolute Gasteiger partial charge is 0.497 e. The number of nitrogens with zero attached hydrogens (tertiary/aromatic N) is 3. The zero-order chi connectivity index (χ0) is 33.1. The molecule has 1 N–H and O–H groups in total. The minimum Gasteiger partial charge on any atom is -0.497 e. The minimum atomic E-state index is -3.38. The maximum absolute atomic E-state index is 15.4. The van der Waals surface area contributed by atoms with Crippen LogP contribution in [-0.4, -0.2) is 68.1 Å². The Hall–Kier alpha value is -5.06. The molecule has 0 radical (unpaired) electrons. The quantitative estimate of drug-likeness (QED) is 0.226. The molecule has 0 bridgehead atoms. The number of sulfone groups is 1. The van der Waals surface area contributed by atoms with E-state index >= 15 is 8.78 Å². The third-order valence-electron chi connectivity index (χ3n) is 6.25. The van der Waals surface area contributed by atoms with Gasteiger partial charge in [0.2, 0.25) is 5.88 Å². The van der Waals surface area contributed by atoms with Gasteiger partial charge in [0, 0.05) is 43.1 Å². The molecular weight excluding hydrogens is 628 g/mol. The Bertz CT molecular complexity index is 1870. The van der Waals surface area contributed by atoms with Crippen molar-refractivity contribution in [3.63, 3.8) is 0 Å². The highest BCUT2D eigenvalue weighted by Crippen LogP contribution is 2.34. The lowest BCUT2D eigenvalue weighted by Gasteiger charge is -2.14. The van der Waals surface area contributed by atoms with Gasteiger partial charge in [-0.1, -0.05) is 0 Å². The highest BCUT2D eigenvalue weighted by molar-refractivity contribution is 7.90. The number of benzene rings is 2. The SMILES string of the molecule is COc1cc(OCCS(C)(=O)=O)nc(-n2c(=O)c(NC(=O)c3ccc(OC(F)F)cc3)c(-c3c(F)cc(OC)cc3F)n2C)c1. The lowest BCUT2D eigenvalue weighted by atomic mass is 10.1. The molecule has 17 heteroatoms. The fraction of sp³-hybridized carbons (Fsp3) is 0.250. The van der Waals surface area contributed by atoms with Crippen LogP contribution in [0.3, 0.4) is 0 Å². The molecule has 0 spiro atoms. The third kappa shape index (κ3) is 7.54. The van der Waals surface area contributed by atoms with E-state index in [1.54, 1.807) is 0 Å². The van der Waals surface area contributed by atoms with Crippen LogP contribution < -0.4 is 29.8 Å². The third-order valence-corrected chi connectivity index (χ3v) is 7.16. The van der Waals surface area contributed by atoms with Crippen molar-refractivity contribution in [2.45, 2.75) is 6.61 Å². The summed E-state index contributed by atoms with van der Waals surface area (Å²) >= 11 is 0. The average Bonchev–Trinajstić information content (AvgIpc) is 3.20. The Morgan fingerprint density at radius 2 is 1.58 bits per heavy atom. The van der Waals surface area contributed by atoms with Gasteiger partial charge in [0.1, 0.15) is 46.9 Å². The summed E-state index contributed by atoms with van der Waals surface area (Å²) in [5, 5.41) is 2.36. The number of carbonyl (C=O) groups is 1. The number of alkyl halides is 2. The van der Waals surface area contributed by atoms with Crippen molar-refractivity contribution >= 4 is 21.4 Å². The summed E-state index contributed by atoms with van der Waals surface area (Å²) in [6, 6.07) is 8.87. The smallest absolute Gasteiger partial charge is 0.387 e. The van der Waals surface area contributed by atoms with Crippen molar-refractivity contribution in [1.82, 2.24) is 14.3 Å². The molecule has 0 aliphatic carbocycles. The van der Waals surface area contributed by atoms with E-state index in [9.17, 15) is 26.8 Å². The Kier molecular flexibility index (Phi) is 9.70. The lowest BCUT2D eigenvalue weighted by molar-refractivity contribution is -0.0498. The van der Waals surface area contributed by atoms with E-state index in [0.717, 1.165) is 52.0 Å². The number of hydrogen-bond acceptors (Lipinski definition) is 9. The molecule has 4 rings (SSSR count). The molecule has 0 atom stereocenters. The Balaban J connectivity index is 1.87. The molecule has 0 saturated carbocycles. The maximum atomic E-state index is 15.4. The Labute approximate surface area is 253 Å². The predicted molar refractivity (Wildman–Crippen MR) is 153 cm³/mol. The van der Waals surface area contributed by atoms with Crippen molar-refractivity contribution in [3.8, 4) is 40.2 Å². The molecule has 45 heavy (non-hydrogen) atoms. The molecule has 0 saturated heterocycles. The number of amides is 1. The van der Waals surface area contributed by atoms with Gasteiger partial charge < -0.3 is 24.3 Å². The average molecular weight is 655 g/mol. The predicted octanol–water partition coefficient (Wildman–Crippen LogP) is 3.81. The molecule has 12 nitrogen and oxygen atoms in total. The number of nitrogens with one attached hydrogen (secondary N) is 1. The number of aromatic nitrogens is 3. The fourth-order valence-corrected chi connectivity index (χ4v) is 4.58. The van der Waals surface area contributed by atoms with Crippen molar-refractivity contribution < 1.29 is 49.7 Å². The molecular formula is C28H26F4N4O8S. The van der Waals surface area contributed by atoms with E-state index in [2.05, 4.69) is 15.0 Å². The first kappa shape index (κ1) is 32.8. The lowest BCUT2D eigenvalue weighted by Crippen LogP contribution is -2.24. The number of hydrogen-bond donors (Lipinski definition) is 1. The number of anilines is 1. The van der Waals surface area contributed by atoms with Gasteiger partial charge in [-0.2, -0.15) is 18.4 Å². The summed E-state index contributed by atoms with van der Waals surface area (Å²) < 4.78 is 101. The summed E-state index contributed by atoms with van der Waals surface area (Å²) in [5.41, 5.74) is -2.77. The van der Waals surface area contributed by atoms with Gasteiger partial charge in [0.05, 0.1) is 25.5 Å². The van der Waals surface area contributed by atoms with Crippen LogP contribution in [-0.2, 0) is 16.9 Å². The van der Waals surface area contributed by atoms with E-state index < -0.39 is 56.5 Å².